The Morgan fingerprint density at radius 2 is 1.84 bits per heavy atom. The molecule has 0 saturated carbocycles. The number of benzene rings is 2. The second-order valence-electron chi connectivity index (χ2n) is 7.19. The minimum atomic E-state index is -1.91. The van der Waals surface area contributed by atoms with Crippen LogP contribution >= 0.6 is 8.38 Å². The van der Waals surface area contributed by atoms with Crippen LogP contribution in [0.25, 0.3) is 17.1 Å². The Morgan fingerprint density at radius 1 is 1.16 bits per heavy atom. The van der Waals surface area contributed by atoms with Crippen molar-refractivity contribution in [2.24, 2.45) is 5.73 Å². The minimum absolute atomic E-state index is 0. The molecule has 170 valence electrons. The Kier molecular flexibility index (Phi) is 9.95. The van der Waals surface area contributed by atoms with Gasteiger partial charge in [0.25, 0.3) is 0 Å². The van der Waals surface area contributed by atoms with E-state index in [2.05, 4.69) is 17.2 Å². The van der Waals surface area contributed by atoms with E-state index in [9.17, 15) is 5.11 Å². The van der Waals surface area contributed by atoms with E-state index in [0.29, 0.717) is 28.9 Å². The average molecular weight is 623 g/mol. The molecule has 0 spiro atoms. The third-order valence-electron chi connectivity index (χ3n) is 5.15. The molecule has 0 unspecified atom stereocenters. The first-order valence-electron chi connectivity index (χ1n) is 10.1. The number of nitrogen functional groups attached to an aromatic ring is 1. The standard InChI is InChI=1S/C15H17N4O.C8H11O2P.W/c16-12(9-3-1-2-4-14(9)20)7-10-11-8-18-6-5-13(11)19-15(10)17;1-2-7-3-5-8(6-4-7)11(9)10;/h1-4,7,19-20H,5-6,8,16-17H2;3-6,9-10H,2H2,1H3;/q-1;;/b12-7-;;. The number of nitrogens with two attached hydrogens (primary N) is 2. The molecule has 1 aliphatic heterocycles. The van der Waals surface area contributed by atoms with Crippen molar-refractivity contribution in [3.05, 3.63) is 81.8 Å². The quantitative estimate of drug-likeness (QED) is 0.247. The monoisotopic (exact) mass is 623 g/mol. The predicted octanol–water partition coefficient (Wildman–Crippen LogP) is 3.36. The number of H-pyrrole nitrogens is 1. The molecule has 0 atom stereocenters. The molecule has 7 nitrogen and oxygen atoms in total. The summed E-state index contributed by atoms with van der Waals surface area (Å²) in [5, 5.41) is 14.8. The molecule has 0 saturated heterocycles. The largest absolute Gasteiger partial charge is 0.658 e. The van der Waals surface area contributed by atoms with Gasteiger partial charge < -0.3 is 36.7 Å². The number of fused-ring (bicyclic) bond motifs is 1. The zero-order valence-electron chi connectivity index (χ0n) is 17.8. The number of rotatable bonds is 4. The summed E-state index contributed by atoms with van der Waals surface area (Å²) in [6.07, 6.45) is 3.67. The van der Waals surface area contributed by atoms with Crippen LogP contribution < -0.4 is 16.8 Å². The number of aromatic amines is 1. The smallest absolute Gasteiger partial charge is 0.199 e. The van der Waals surface area contributed by atoms with Gasteiger partial charge in [-0.05, 0) is 54.3 Å². The van der Waals surface area contributed by atoms with Gasteiger partial charge in [0, 0.05) is 48.9 Å². The Labute approximate surface area is 203 Å². The number of aromatic hydroxyl groups is 1. The van der Waals surface area contributed by atoms with Crippen molar-refractivity contribution in [1.82, 2.24) is 4.98 Å². The first kappa shape index (κ1) is 26.1. The first-order chi connectivity index (χ1) is 14.9. The van der Waals surface area contributed by atoms with Crippen LogP contribution in [0.15, 0.2) is 48.5 Å². The summed E-state index contributed by atoms with van der Waals surface area (Å²) >= 11 is 0. The fourth-order valence-corrected chi connectivity index (χ4v) is 3.80. The van der Waals surface area contributed by atoms with Crippen LogP contribution in [0.2, 0.25) is 0 Å². The van der Waals surface area contributed by atoms with E-state index in [-0.39, 0.29) is 26.8 Å². The van der Waals surface area contributed by atoms with Gasteiger partial charge in [-0.1, -0.05) is 31.2 Å². The summed E-state index contributed by atoms with van der Waals surface area (Å²) in [4.78, 5) is 20.8. The number of aryl methyl sites for hydroxylation is 1. The topological polar surface area (TPSA) is 143 Å². The zero-order chi connectivity index (χ0) is 22.4. The van der Waals surface area contributed by atoms with Gasteiger partial charge in [-0.2, -0.15) is 0 Å². The molecule has 0 bridgehead atoms. The molecule has 8 N–H and O–H groups in total. The Balaban J connectivity index is 0.000000259. The molecule has 0 aliphatic carbocycles. The SMILES string of the molecule is CCc1ccc(P(O)O)cc1.N/C(=C\c1c(N)[nH]c2c1C[N-]CC2)c1ccccc1O.[W]. The van der Waals surface area contributed by atoms with E-state index < -0.39 is 8.38 Å². The van der Waals surface area contributed by atoms with Crippen LogP contribution in [-0.4, -0.2) is 26.4 Å². The molecular formula is C23H28N4O3PW-. The van der Waals surface area contributed by atoms with E-state index in [4.69, 9.17) is 21.3 Å². The number of phenolic OH excluding ortho intramolecular Hbond substituents is 1. The Morgan fingerprint density at radius 3 is 2.47 bits per heavy atom. The molecule has 2 aromatic carbocycles. The van der Waals surface area contributed by atoms with Gasteiger partial charge in [0.15, 0.2) is 8.38 Å². The van der Waals surface area contributed by atoms with Gasteiger partial charge >= 0.3 is 0 Å². The van der Waals surface area contributed by atoms with E-state index in [1.807, 2.05) is 18.2 Å². The van der Waals surface area contributed by atoms with Crippen molar-refractivity contribution in [3.63, 3.8) is 0 Å². The van der Waals surface area contributed by atoms with Crippen LogP contribution in [0.4, 0.5) is 5.82 Å². The molecule has 9 heteroatoms. The van der Waals surface area contributed by atoms with Crippen LogP contribution in [-0.2, 0) is 40.5 Å². The summed E-state index contributed by atoms with van der Waals surface area (Å²) in [5.74, 6) is 0.763. The molecule has 4 rings (SSSR count). The van der Waals surface area contributed by atoms with E-state index in [1.54, 1.807) is 36.4 Å². The zero-order valence-corrected chi connectivity index (χ0v) is 21.7. The molecule has 0 radical (unpaired) electrons. The van der Waals surface area contributed by atoms with Gasteiger partial charge in [-0.3, -0.25) is 0 Å². The van der Waals surface area contributed by atoms with E-state index in [0.717, 1.165) is 36.2 Å². The number of aromatic nitrogens is 1. The maximum Gasteiger partial charge on any atom is 0.199 e. The van der Waals surface area contributed by atoms with Crippen LogP contribution in [0.3, 0.4) is 0 Å². The van der Waals surface area contributed by atoms with Crippen molar-refractivity contribution in [1.29, 1.82) is 0 Å². The Hall–Kier alpha value is -2.14. The maximum absolute atomic E-state index is 9.84. The van der Waals surface area contributed by atoms with Crippen molar-refractivity contribution in [2.75, 3.05) is 12.3 Å². The van der Waals surface area contributed by atoms with Gasteiger partial charge in [0.05, 0.1) is 0 Å². The molecule has 0 fully saturated rings. The van der Waals surface area contributed by atoms with Crippen LogP contribution in [0.1, 0.15) is 34.9 Å². The second kappa shape index (κ2) is 12.2. The number of hydrogen-bond acceptors (Lipinski definition) is 5. The van der Waals surface area contributed by atoms with E-state index in [1.165, 1.54) is 5.56 Å². The Bertz CT molecular complexity index is 1050. The number of nitrogens with one attached hydrogen (secondary N) is 1. The normalized spacial score (nSPS) is 13.1. The van der Waals surface area contributed by atoms with Gasteiger partial charge in [0.2, 0.25) is 0 Å². The molecule has 3 aromatic rings. The van der Waals surface area contributed by atoms with Crippen molar-refractivity contribution >= 4 is 31.3 Å². The average Bonchev–Trinajstić information content (AvgIpc) is 3.09. The van der Waals surface area contributed by atoms with Gasteiger partial charge in [-0.25, -0.2) is 0 Å². The molecule has 1 aromatic heterocycles. The van der Waals surface area contributed by atoms with E-state index >= 15 is 0 Å². The summed E-state index contributed by atoms with van der Waals surface area (Å²) in [7, 11) is -1.91. The minimum Gasteiger partial charge on any atom is -0.658 e. The number of nitrogens with zero attached hydrogens (tertiary/aromatic N) is 1. The summed E-state index contributed by atoms with van der Waals surface area (Å²) in [6, 6.07) is 14.3. The second-order valence-corrected chi connectivity index (χ2v) is 8.29. The van der Waals surface area contributed by atoms with Gasteiger partial charge in [0.1, 0.15) is 11.6 Å². The molecular weight excluding hydrogens is 595 g/mol. The first-order valence-corrected chi connectivity index (χ1v) is 11.3. The van der Waals surface area contributed by atoms with Crippen LogP contribution in [0, 0.1) is 0 Å². The molecule has 0 amide bonds. The number of phenols is 1. The van der Waals surface area contributed by atoms with Crippen molar-refractivity contribution in [3.8, 4) is 5.75 Å². The summed E-state index contributed by atoms with van der Waals surface area (Å²) in [5.41, 5.74) is 17.5. The molecule has 2 heterocycles. The fraction of sp³-hybridized carbons (Fsp3) is 0.217. The number of anilines is 1. The summed E-state index contributed by atoms with van der Waals surface area (Å²) < 4.78 is 0. The predicted molar refractivity (Wildman–Crippen MR) is 128 cm³/mol. The number of para-hydroxylation sites is 1. The fourth-order valence-electron chi connectivity index (χ4n) is 3.39. The van der Waals surface area contributed by atoms with Crippen molar-refractivity contribution < 1.29 is 36.0 Å². The third kappa shape index (κ3) is 6.44. The van der Waals surface area contributed by atoms with Gasteiger partial charge in [-0.15, -0.1) is 13.1 Å². The molecule has 1 aliphatic rings. The maximum atomic E-state index is 9.84. The third-order valence-corrected chi connectivity index (χ3v) is 5.91. The van der Waals surface area contributed by atoms with Crippen molar-refractivity contribution in [2.45, 2.75) is 26.3 Å². The number of hydrogen-bond donors (Lipinski definition) is 6. The van der Waals surface area contributed by atoms with Crippen LogP contribution in [0.5, 0.6) is 5.75 Å². The molecule has 32 heavy (non-hydrogen) atoms. The summed E-state index contributed by atoms with van der Waals surface area (Å²) in [6.45, 7) is 3.55.